The Morgan fingerprint density at radius 1 is 1.57 bits per heavy atom. The van der Waals surface area contributed by atoms with E-state index in [2.05, 4.69) is 37.2 Å². The first-order chi connectivity index (χ1) is 6.44. The van der Waals surface area contributed by atoms with Crippen molar-refractivity contribution >= 4 is 43.6 Å². The predicted molar refractivity (Wildman–Crippen MR) is 56.2 cm³/mol. The molecule has 1 saturated heterocycles. The van der Waals surface area contributed by atoms with Gasteiger partial charge in [0.1, 0.15) is 10.4 Å². The van der Waals surface area contributed by atoms with E-state index in [1.807, 2.05) is 0 Å². The minimum atomic E-state index is -1.25. The van der Waals surface area contributed by atoms with E-state index in [0.29, 0.717) is 4.48 Å². The van der Waals surface area contributed by atoms with Gasteiger partial charge in [-0.3, -0.25) is 9.59 Å². The van der Waals surface area contributed by atoms with Crippen molar-refractivity contribution in [2.24, 2.45) is 0 Å². The normalized spacial score (nSPS) is 41.8. The van der Waals surface area contributed by atoms with Crippen molar-refractivity contribution in [2.75, 3.05) is 0 Å². The topological polar surface area (TPSA) is 66.4 Å². The SMILES string of the molecule is O=C1C[C@]2(O)C=C(Br)C(=O)[C@H](Br)[C@@H]2N1. The number of aliphatic hydroxyl groups is 1. The Hall–Kier alpha value is -0.200. The Bertz CT molecular complexity index is 354. The molecule has 6 heteroatoms. The van der Waals surface area contributed by atoms with E-state index in [4.69, 9.17) is 0 Å². The summed E-state index contributed by atoms with van der Waals surface area (Å²) in [6.07, 6.45) is 1.40. The summed E-state index contributed by atoms with van der Waals surface area (Å²) in [5, 5.41) is 12.6. The number of hydrogen-bond acceptors (Lipinski definition) is 3. The maximum absolute atomic E-state index is 11.5. The summed E-state index contributed by atoms with van der Waals surface area (Å²) < 4.78 is 0.314. The van der Waals surface area contributed by atoms with E-state index in [0.717, 1.165) is 0 Å². The van der Waals surface area contributed by atoms with Gasteiger partial charge in [-0.15, -0.1) is 0 Å². The van der Waals surface area contributed by atoms with Crippen LogP contribution in [0.4, 0.5) is 0 Å². The molecular formula is C8H7Br2NO3. The molecule has 1 amide bonds. The molecule has 0 aromatic rings. The van der Waals surface area contributed by atoms with Gasteiger partial charge >= 0.3 is 0 Å². The monoisotopic (exact) mass is 323 g/mol. The number of hydrogen-bond donors (Lipinski definition) is 2. The van der Waals surface area contributed by atoms with Crippen molar-refractivity contribution in [1.29, 1.82) is 0 Å². The summed E-state index contributed by atoms with van der Waals surface area (Å²) in [7, 11) is 0. The molecular weight excluding hydrogens is 318 g/mol. The van der Waals surface area contributed by atoms with Crippen molar-refractivity contribution in [3.05, 3.63) is 10.6 Å². The van der Waals surface area contributed by atoms with Crippen LogP contribution < -0.4 is 5.32 Å². The van der Waals surface area contributed by atoms with E-state index in [1.165, 1.54) is 6.08 Å². The molecule has 4 nitrogen and oxygen atoms in total. The second kappa shape index (κ2) is 3.15. The van der Waals surface area contributed by atoms with Gasteiger partial charge in [-0.25, -0.2) is 0 Å². The highest BCUT2D eigenvalue weighted by Crippen LogP contribution is 2.37. The van der Waals surface area contributed by atoms with Crippen LogP contribution in [0.5, 0.6) is 0 Å². The number of alkyl halides is 1. The molecule has 3 atom stereocenters. The number of rotatable bonds is 0. The molecule has 0 bridgehead atoms. The molecule has 1 fully saturated rings. The zero-order valence-corrected chi connectivity index (χ0v) is 10.1. The number of amides is 1. The standard InChI is InChI=1S/C8H7Br2NO3/c9-3-1-8(14)2-4(12)11-7(8)5(10)6(3)13/h1,5,7,14H,2H2,(H,11,12)/t5-,7-,8+/m0/s1. The van der Waals surface area contributed by atoms with Gasteiger partial charge in [0.2, 0.25) is 5.91 Å². The minimum absolute atomic E-state index is 0.00213. The first-order valence-corrected chi connectivity index (χ1v) is 5.73. The molecule has 0 unspecified atom stereocenters. The lowest BCUT2D eigenvalue weighted by Crippen LogP contribution is -2.53. The molecule has 1 aliphatic carbocycles. The van der Waals surface area contributed by atoms with E-state index < -0.39 is 16.5 Å². The third-order valence-electron chi connectivity index (χ3n) is 2.45. The van der Waals surface area contributed by atoms with Crippen LogP contribution in [-0.2, 0) is 9.59 Å². The highest BCUT2D eigenvalue weighted by molar-refractivity contribution is 9.12. The maximum atomic E-state index is 11.5. The van der Waals surface area contributed by atoms with Crippen molar-refractivity contribution < 1.29 is 14.7 Å². The zero-order valence-electron chi connectivity index (χ0n) is 6.96. The Morgan fingerprint density at radius 3 is 2.86 bits per heavy atom. The molecule has 0 aromatic heterocycles. The summed E-state index contributed by atoms with van der Waals surface area (Å²) in [6, 6.07) is -0.566. The average molecular weight is 325 g/mol. The lowest BCUT2D eigenvalue weighted by Gasteiger charge is -2.32. The third kappa shape index (κ3) is 1.36. The number of Topliss-reactive ketones (excluding diaryl/α,β-unsaturated/α-hetero) is 1. The molecule has 0 radical (unpaired) electrons. The molecule has 0 aromatic carbocycles. The fourth-order valence-electron chi connectivity index (χ4n) is 1.76. The zero-order chi connectivity index (χ0) is 10.5. The number of nitrogens with one attached hydrogen (secondary N) is 1. The number of carbonyl (C=O) groups excluding carboxylic acids is 2. The molecule has 2 rings (SSSR count). The van der Waals surface area contributed by atoms with Crippen molar-refractivity contribution in [1.82, 2.24) is 5.32 Å². The number of halogens is 2. The van der Waals surface area contributed by atoms with E-state index in [9.17, 15) is 14.7 Å². The summed E-state index contributed by atoms with van der Waals surface area (Å²) in [6.45, 7) is 0. The van der Waals surface area contributed by atoms with E-state index in [-0.39, 0.29) is 18.1 Å². The Kier molecular flexibility index (Phi) is 2.32. The molecule has 76 valence electrons. The number of carbonyl (C=O) groups is 2. The summed E-state index contributed by atoms with van der Waals surface area (Å²) in [4.78, 5) is 22.0. The molecule has 2 N–H and O–H groups in total. The van der Waals surface area contributed by atoms with Crippen LogP contribution in [0, 0.1) is 0 Å². The highest BCUT2D eigenvalue weighted by Gasteiger charge is 2.52. The van der Waals surface area contributed by atoms with Crippen LogP contribution in [-0.4, -0.2) is 33.3 Å². The molecule has 0 saturated carbocycles. The van der Waals surface area contributed by atoms with Crippen LogP contribution >= 0.6 is 31.9 Å². The fourth-order valence-corrected chi connectivity index (χ4v) is 3.54. The van der Waals surface area contributed by atoms with Gasteiger partial charge in [0.05, 0.1) is 16.9 Å². The molecule has 14 heavy (non-hydrogen) atoms. The quantitative estimate of drug-likeness (QED) is 0.627. The first kappa shape index (κ1) is 10.3. The molecule has 1 heterocycles. The smallest absolute Gasteiger partial charge is 0.223 e. The van der Waals surface area contributed by atoms with Gasteiger partial charge in [-0.2, -0.15) is 0 Å². The van der Waals surface area contributed by atoms with Crippen LogP contribution in [0.2, 0.25) is 0 Å². The summed E-state index contributed by atoms with van der Waals surface area (Å²) in [5.74, 6) is -0.407. The Balaban J connectivity index is 2.45. The average Bonchev–Trinajstić information content (AvgIpc) is 2.37. The molecule has 0 spiro atoms. The van der Waals surface area contributed by atoms with Gasteiger partial charge in [0.25, 0.3) is 0 Å². The second-order valence-electron chi connectivity index (χ2n) is 3.47. The Morgan fingerprint density at radius 2 is 2.21 bits per heavy atom. The van der Waals surface area contributed by atoms with Gasteiger partial charge in [-0.05, 0) is 22.0 Å². The van der Waals surface area contributed by atoms with Crippen molar-refractivity contribution in [2.45, 2.75) is 22.9 Å². The third-order valence-corrected chi connectivity index (χ3v) is 4.02. The van der Waals surface area contributed by atoms with Crippen molar-refractivity contribution in [3.63, 3.8) is 0 Å². The molecule has 1 aliphatic heterocycles. The lowest BCUT2D eigenvalue weighted by atomic mass is 9.86. The summed E-state index contributed by atoms with van der Waals surface area (Å²) in [5.41, 5.74) is -1.25. The molecule has 2 aliphatic rings. The summed E-state index contributed by atoms with van der Waals surface area (Å²) >= 11 is 6.24. The lowest BCUT2D eigenvalue weighted by molar-refractivity contribution is -0.120. The maximum Gasteiger partial charge on any atom is 0.223 e. The predicted octanol–water partition coefficient (Wildman–Crippen LogP) is 0.231. The van der Waals surface area contributed by atoms with Crippen LogP contribution in [0.25, 0.3) is 0 Å². The van der Waals surface area contributed by atoms with E-state index in [1.54, 1.807) is 0 Å². The van der Waals surface area contributed by atoms with Crippen LogP contribution in [0.15, 0.2) is 10.6 Å². The number of ketones is 1. The van der Waals surface area contributed by atoms with Gasteiger partial charge in [0.15, 0.2) is 5.78 Å². The van der Waals surface area contributed by atoms with Crippen molar-refractivity contribution in [3.8, 4) is 0 Å². The van der Waals surface area contributed by atoms with Gasteiger partial charge in [-0.1, -0.05) is 15.9 Å². The second-order valence-corrected chi connectivity index (χ2v) is 5.31. The largest absolute Gasteiger partial charge is 0.383 e. The first-order valence-electron chi connectivity index (χ1n) is 4.02. The highest BCUT2D eigenvalue weighted by atomic mass is 79.9. The fraction of sp³-hybridized carbons (Fsp3) is 0.500. The Labute approximate surface area is 97.0 Å². The van der Waals surface area contributed by atoms with Crippen LogP contribution in [0.3, 0.4) is 0 Å². The van der Waals surface area contributed by atoms with Crippen LogP contribution in [0.1, 0.15) is 6.42 Å². The van der Waals surface area contributed by atoms with Gasteiger partial charge in [0, 0.05) is 0 Å². The number of fused-ring (bicyclic) bond motifs is 1. The van der Waals surface area contributed by atoms with Gasteiger partial charge < -0.3 is 10.4 Å². The number of allylic oxidation sites excluding steroid dienone is 1. The minimum Gasteiger partial charge on any atom is -0.383 e. The van der Waals surface area contributed by atoms with E-state index >= 15 is 0 Å².